The fourth-order valence-corrected chi connectivity index (χ4v) is 3.42. The van der Waals surface area contributed by atoms with Crippen LogP contribution in [0.2, 0.25) is 5.02 Å². The van der Waals surface area contributed by atoms with Gasteiger partial charge in [-0.1, -0.05) is 11.6 Å². The third-order valence-corrected chi connectivity index (χ3v) is 4.77. The van der Waals surface area contributed by atoms with Gasteiger partial charge >= 0.3 is 0 Å². The van der Waals surface area contributed by atoms with Crippen LogP contribution in [0.4, 0.5) is 5.69 Å². The molecule has 0 saturated heterocycles. The van der Waals surface area contributed by atoms with E-state index in [0.717, 1.165) is 0 Å². The van der Waals surface area contributed by atoms with Gasteiger partial charge in [-0.15, -0.1) is 11.3 Å². The number of ether oxygens (including phenoxy) is 1. The van der Waals surface area contributed by atoms with Crippen LogP contribution in [0.1, 0.15) is 5.82 Å². The van der Waals surface area contributed by atoms with E-state index in [9.17, 15) is 9.59 Å². The molecule has 0 aliphatic heterocycles. The Balaban J connectivity index is 1.65. The summed E-state index contributed by atoms with van der Waals surface area (Å²) in [6, 6.07) is 6.80. The molecule has 0 atom stereocenters. The van der Waals surface area contributed by atoms with Crippen molar-refractivity contribution in [3.05, 3.63) is 50.8 Å². The zero-order valence-electron chi connectivity index (χ0n) is 14.2. The number of methoxy groups -OCH3 is 1. The topological polar surface area (TPSA) is 87.3 Å². The van der Waals surface area contributed by atoms with E-state index in [2.05, 4.69) is 15.3 Å². The van der Waals surface area contributed by atoms with Crippen molar-refractivity contribution < 1.29 is 9.53 Å². The maximum atomic E-state index is 12.3. The molecule has 0 radical (unpaired) electrons. The summed E-state index contributed by atoms with van der Waals surface area (Å²) in [7, 11) is 3.29. The Morgan fingerprint density at radius 2 is 2.23 bits per heavy atom. The highest BCUT2D eigenvalue weighted by atomic mass is 35.5. The maximum absolute atomic E-state index is 12.3. The number of carbonyl (C=O) groups is 1. The first kappa shape index (κ1) is 18.4. The third kappa shape index (κ3) is 4.21. The molecule has 3 aromatic rings. The molecule has 0 aliphatic rings. The summed E-state index contributed by atoms with van der Waals surface area (Å²) in [5, 5.41) is 5.10. The smallest absolute Gasteiger partial charge is 0.268 e. The van der Waals surface area contributed by atoms with Gasteiger partial charge in [0.15, 0.2) is 0 Å². The van der Waals surface area contributed by atoms with Gasteiger partial charge in [0.25, 0.3) is 5.56 Å². The summed E-state index contributed by atoms with van der Waals surface area (Å²) < 4.78 is 5.81. The second kappa shape index (κ2) is 7.86. The minimum atomic E-state index is -0.230. The molecule has 9 heteroatoms. The number of carbonyl (C=O) groups excluding carboxylic acids is 1. The van der Waals surface area contributed by atoms with Crippen LogP contribution >= 0.6 is 22.9 Å². The highest BCUT2D eigenvalue weighted by Gasteiger charge is 2.13. The molecule has 0 unspecified atom stereocenters. The Hall–Kier alpha value is -2.42. The average Bonchev–Trinajstić information content (AvgIpc) is 3.03. The van der Waals surface area contributed by atoms with Crippen molar-refractivity contribution in [2.45, 2.75) is 6.54 Å². The number of benzene rings is 1. The summed E-state index contributed by atoms with van der Waals surface area (Å²) in [6.45, 7) is 0.447. The summed E-state index contributed by atoms with van der Waals surface area (Å²) in [4.78, 5) is 33.2. The zero-order valence-corrected chi connectivity index (χ0v) is 15.8. The molecule has 0 spiro atoms. The van der Waals surface area contributed by atoms with E-state index in [1.54, 1.807) is 36.2 Å². The van der Waals surface area contributed by atoms with E-state index in [0.29, 0.717) is 39.0 Å². The second-order valence-corrected chi connectivity index (χ2v) is 7.07. The molecule has 136 valence electrons. The lowest BCUT2D eigenvalue weighted by Gasteiger charge is -2.16. The Kier molecular flexibility index (Phi) is 5.55. The van der Waals surface area contributed by atoms with Crippen LogP contribution in [0.25, 0.3) is 10.2 Å². The molecule has 0 saturated carbocycles. The van der Waals surface area contributed by atoms with E-state index >= 15 is 0 Å². The number of anilines is 1. The summed E-state index contributed by atoms with van der Waals surface area (Å²) in [5.41, 5.74) is 1.00. The summed E-state index contributed by atoms with van der Waals surface area (Å²) >= 11 is 7.32. The number of rotatable bonds is 6. The number of hydrogen-bond acceptors (Lipinski definition) is 6. The van der Waals surface area contributed by atoms with Crippen LogP contribution in [0.15, 0.2) is 34.4 Å². The van der Waals surface area contributed by atoms with Gasteiger partial charge in [-0.3, -0.25) is 14.5 Å². The van der Waals surface area contributed by atoms with Gasteiger partial charge in [0.1, 0.15) is 16.3 Å². The standard InChI is InChI=1S/C17H17ClN4O3S/c1-22(8-14-19-11-5-6-26-16(11)17(24)21-14)9-15(23)20-12-7-10(18)3-4-13(12)25-2/h3-7H,8-9H2,1-2H3,(H,20,23)(H,19,21,24). The molecule has 26 heavy (non-hydrogen) atoms. The van der Waals surface area contributed by atoms with Gasteiger partial charge in [0, 0.05) is 5.02 Å². The molecule has 1 amide bonds. The van der Waals surface area contributed by atoms with Crippen LogP contribution < -0.4 is 15.6 Å². The molecule has 0 bridgehead atoms. The first-order valence-electron chi connectivity index (χ1n) is 7.74. The third-order valence-electron chi connectivity index (χ3n) is 3.63. The number of nitrogens with zero attached hydrogens (tertiary/aromatic N) is 2. The van der Waals surface area contributed by atoms with Crippen LogP contribution in [0, 0.1) is 0 Å². The average molecular weight is 393 g/mol. The van der Waals surface area contributed by atoms with Crippen molar-refractivity contribution in [2.75, 3.05) is 26.0 Å². The summed E-state index contributed by atoms with van der Waals surface area (Å²) in [6.07, 6.45) is 0. The largest absolute Gasteiger partial charge is 0.495 e. The molecule has 0 aliphatic carbocycles. The number of amides is 1. The maximum Gasteiger partial charge on any atom is 0.268 e. The van der Waals surface area contributed by atoms with Crippen molar-refractivity contribution in [2.24, 2.45) is 0 Å². The number of nitrogens with one attached hydrogen (secondary N) is 2. The van der Waals surface area contributed by atoms with Gasteiger partial charge < -0.3 is 15.0 Å². The lowest BCUT2D eigenvalue weighted by atomic mass is 10.3. The minimum absolute atomic E-state index is 0.112. The molecule has 0 fully saturated rings. The second-order valence-electron chi connectivity index (χ2n) is 5.71. The van der Waals surface area contributed by atoms with Crippen molar-refractivity contribution in [1.82, 2.24) is 14.9 Å². The molecular weight excluding hydrogens is 376 g/mol. The van der Waals surface area contributed by atoms with E-state index in [1.165, 1.54) is 18.4 Å². The lowest BCUT2D eigenvalue weighted by Crippen LogP contribution is -2.31. The lowest BCUT2D eigenvalue weighted by molar-refractivity contribution is -0.117. The van der Waals surface area contributed by atoms with Crippen LogP contribution in [0.5, 0.6) is 5.75 Å². The van der Waals surface area contributed by atoms with Crippen molar-refractivity contribution in [3.8, 4) is 5.75 Å². The van der Waals surface area contributed by atoms with E-state index < -0.39 is 0 Å². The van der Waals surface area contributed by atoms with E-state index in [-0.39, 0.29) is 18.0 Å². The van der Waals surface area contributed by atoms with Crippen LogP contribution in [0.3, 0.4) is 0 Å². The van der Waals surface area contributed by atoms with E-state index in [4.69, 9.17) is 16.3 Å². The molecule has 3 rings (SSSR count). The van der Waals surface area contributed by atoms with Gasteiger partial charge in [-0.2, -0.15) is 0 Å². The van der Waals surface area contributed by atoms with E-state index in [1.807, 2.05) is 5.38 Å². The number of aromatic amines is 1. The van der Waals surface area contributed by atoms with Gasteiger partial charge in [0.05, 0.1) is 31.4 Å². The van der Waals surface area contributed by atoms with Gasteiger partial charge in [-0.25, -0.2) is 4.98 Å². The minimum Gasteiger partial charge on any atom is -0.495 e. The molecule has 2 heterocycles. The molecule has 1 aromatic carbocycles. The van der Waals surface area contributed by atoms with Crippen molar-refractivity contribution in [3.63, 3.8) is 0 Å². The number of H-pyrrole nitrogens is 1. The Morgan fingerprint density at radius 1 is 1.42 bits per heavy atom. The Morgan fingerprint density at radius 3 is 3.00 bits per heavy atom. The molecule has 7 nitrogen and oxygen atoms in total. The summed E-state index contributed by atoms with van der Waals surface area (Å²) in [5.74, 6) is 0.808. The highest BCUT2D eigenvalue weighted by molar-refractivity contribution is 7.17. The monoisotopic (exact) mass is 392 g/mol. The van der Waals surface area contributed by atoms with Crippen LogP contribution in [-0.4, -0.2) is 41.5 Å². The number of halogens is 1. The van der Waals surface area contributed by atoms with Crippen molar-refractivity contribution >= 4 is 44.7 Å². The zero-order chi connectivity index (χ0) is 18.7. The fraction of sp³-hybridized carbons (Fsp3) is 0.235. The quantitative estimate of drug-likeness (QED) is 0.673. The number of hydrogen-bond donors (Lipinski definition) is 2. The number of thiophene rings is 1. The Bertz CT molecular complexity index is 1000. The first-order valence-corrected chi connectivity index (χ1v) is 9.00. The SMILES string of the molecule is COc1ccc(Cl)cc1NC(=O)CN(C)Cc1nc2ccsc2c(=O)[nH]1. The molecule has 2 aromatic heterocycles. The fourth-order valence-electron chi connectivity index (χ4n) is 2.52. The predicted octanol–water partition coefficient (Wildman–Crippen LogP) is 2.72. The van der Waals surface area contributed by atoms with Gasteiger partial charge in [0.2, 0.25) is 5.91 Å². The number of aromatic nitrogens is 2. The van der Waals surface area contributed by atoms with Gasteiger partial charge in [-0.05, 0) is 36.7 Å². The van der Waals surface area contributed by atoms with Crippen molar-refractivity contribution in [1.29, 1.82) is 0 Å². The molecule has 2 N–H and O–H groups in total. The predicted molar refractivity (Wildman–Crippen MR) is 103 cm³/mol. The number of likely N-dealkylation sites (N-methyl/N-ethyl adjacent to an activating group) is 1. The first-order chi connectivity index (χ1) is 12.5. The van der Waals surface area contributed by atoms with Crippen LogP contribution in [-0.2, 0) is 11.3 Å². The Labute approximate surface area is 158 Å². The highest BCUT2D eigenvalue weighted by Crippen LogP contribution is 2.27. The number of fused-ring (bicyclic) bond motifs is 1. The molecular formula is C17H17ClN4O3S. The normalized spacial score (nSPS) is 11.1.